The molecule has 1 fully saturated rings. The third kappa shape index (κ3) is 6.34. The van der Waals surface area contributed by atoms with Gasteiger partial charge in [0.1, 0.15) is 10.9 Å². The number of piperazine rings is 1. The summed E-state index contributed by atoms with van der Waals surface area (Å²) in [6.45, 7) is 5.27. The molecule has 1 N–H and O–H groups in total. The lowest BCUT2D eigenvalue weighted by molar-refractivity contribution is -0.120. The number of anilines is 1. The highest BCUT2D eigenvalue weighted by molar-refractivity contribution is 14.0. The van der Waals surface area contributed by atoms with Gasteiger partial charge in [0.2, 0.25) is 5.91 Å². The van der Waals surface area contributed by atoms with Gasteiger partial charge in [0, 0.05) is 56.8 Å². The summed E-state index contributed by atoms with van der Waals surface area (Å²) in [4.78, 5) is 25.4. The highest BCUT2D eigenvalue weighted by atomic mass is 127. The number of nitrogens with one attached hydrogen (secondary N) is 1. The summed E-state index contributed by atoms with van der Waals surface area (Å²) in [6, 6.07) is 0. The minimum atomic E-state index is 0. The Kier molecular flexibility index (Phi) is 9.51. The van der Waals surface area contributed by atoms with Gasteiger partial charge in [-0.25, -0.2) is 4.98 Å². The number of aliphatic imine (C=N–C) groups is 1. The van der Waals surface area contributed by atoms with E-state index in [1.807, 2.05) is 36.6 Å². The van der Waals surface area contributed by atoms with Crippen LogP contribution in [-0.2, 0) is 11.8 Å². The topological polar surface area (TPSA) is 78.7 Å². The first kappa shape index (κ1) is 22.9. The van der Waals surface area contributed by atoms with Crippen molar-refractivity contribution in [2.75, 3.05) is 43.4 Å². The zero-order valence-electron chi connectivity index (χ0n) is 16.1. The average Bonchev–Trinajstić information content (AvgIpc) is 3.32. The van der Waals surface area contributed by atoms with E-state index in [4.69, 9.17) is 4.99 Å². The van der Waals surface area contributed by atoms with Crippen LogP contribution in [-0.4, -0.2) is 70.0 Å². The van der Waals surface area contributed by atoms with Crippen LogP contribution in [0, 0.1) is 0 Å². The van der Waals surface area contributed by atoms with E-state index in [2.05, 4.69) is 15.4 Å². The molecule has 0 spiro atoms. The first-order chi connectivity index (χ1) is 13.2. The number of carbonyl (C=O) groups excluding carboxylic acids is 1. The third-order valence-corrected chi connectivity index (χ3v) is 6.11. The highest BCUT2D eigenvalue weighted by Gasteiger charge is 2.27. The molecule has 2 aromatic heterocycles. The molecule has 1 amide bonds. The standard InChI is InChI=1S/C17H25N7OS2.HI/c1-3-18-16(19-5-4-9-26-17-20-6-10-27-17)23-7-8-24(15(25)13-23)14-11-21-22(2)12-14;/h6,10-12H,3-5,7-9,13H2,1-2H3,(H,18,19);1H. The molecule has 1 aliphatic heterocycles. The fourth-order valence-electron chi connectivity index (χ4n) is 2.79. The lowest BCUT2D eigenvalue weighted by Crippen LogP contribution is -2.55. The Morgan fingerprint density at radius 1 is 1.43 bits per heavy atom. The van der Waals surface area contributed by atoms with Crippen molar-refractivity contribution in [3.05, 3.63) is 24.0 Å². The molecule has 3 heterocycles. The van der Waals surface area contributed by atoms with Gasteiger partial charge in [-0.05, 0) is 13.3 Å². The van der Waals surface area contributed by atoms with Gasteiger partial charge in [0.15, 0.2) is 5.96 Å². The zero-order chi connectivity index (χ0) is 19.1. The van der Waals surface area contributed by atoms with Gasteiger partial charge in [0.25, 0.3) is 0 Å². The first-order valence-electron chi connectivity index (χ1n) is 9.02. The average molecular weight is 535 g/mol. The summed E-state index contributed by atoms with van der Waals surface area (Å²) in [7, 11) is 1.85. The van der Waals surface area contributed by atoms with E-state index in [0.717, 1.165) is 47.8 Å². The van der Waals surface area contributed by atoms with Crippen molar-refractivity contribution in [2.45, 2.75) is 17.7 Å². The van der Waals surface area contributed by atoms with Crippen LogP contribution in [0.4, 0.5) is 5.69 Å². The largest absolute Gasteiger partial charge is 0.357 e. The number of hydrogen-bond acceptors (Lipinski definition) is 6. The van der Waals surface area contributed by atoms with E-state index < -0.39 is 0 Å². The second kappa shape index (κ2) is 11.6. The van der Waals surface area contributed by atoms with E-state index in [0.29, 0.717) is 13.1 Å². The van der Waals surface area contributed by atoms with Gasteiger partial charge in [-0.1, -0.05) is 11.8 Å². The summed E-state index contributed by atoms with van der Waals surface area (Å²) >= 11 is 3.43. The van der Waals surface area contributed by atoms with E-state index in [1.54, 1.807) is 38.9 Å². The van der Waals surface area contributed by atoms with Crippen molar-refractivity contribution in [3.8, 4) is 0 Å². The Morgan fingerprint density at radius 2 is 2.29 bits per heavy atom. The fraction of sp³-hybridized carbons (Fsp3) is 0.529. The number of carbonyl (C=O) groups is 1. The number of aromatic nitrogens is 3. The smallest absolute Gasteiger partial charge is 0.246 e. The number of thiazole rings is 1. The van der Waals surface area contributed by atoms with E-state index in [9.17, 15) is 4.79 Å². The lowest BCUT2D eigenvalue weighted by atomic mass is 10.3. The van der Waals surface area contributed by atoms with Crippen molar-refractivity contribution in [1.29, 1.82) is 0 Å². The van der Waals surface area contributed by atoms with Crippen LogP contribution in [0.3, 0.4) is 0 Å². The maximum absolute atomic E-state index is 12.6. The van der Waals surface area contributed by atoms with Crippen molar-refractivity contribution >= 4 is 64.6 Å². The molecule has 0 atom stereocenters. The summed E-state index contributed by atoms with van der Waals surface area (Å²) < 4.78 is 2.81. The maximum Gasteiger partial charge on any atom is 0.246 e. The van der Waals surface area contributed by atoms with Gasteiger partial charge >= 0.3 is 0 Å². The Bertz CT molecular complexity index is 765. The van der Waals surface area contributed by atoms with Gasteiger partial charge in [-0.3, -0.25) is 14.5 Å². The number of hydrogen-bond donors (Lipinski definition) is 1. The molecule has 0 aliphatic carbocycles. The number of guanidine groups is 1. The van der Waals surface area contributed by atoms with Crippen LogP contribution in [0.1, 0.15) is 13.3 Å². The lowest BCUT2D eigenvalue weighted by Gasteiger charge is -2.35. The summed E-state index contributed by atoms with van der Waals surface area (Å²) in [5.41, 5.74) is 0.850. The Morgan fingerprint density at radius 3 is 2.93 bits per heavy atom. The Hall–Kier alpha value is -1.34. The number of rotatable bonds is 7. The third-order valence-electron chi connectivity index (χ3n) is 4.06. The molecule has 28 heavy (non-hydrogen) atoms. The SMILES string of the molecule is CCNC(=NCCCSc1nccs1)N1CCN(c2cnn(C)c2)C(=O)C1.I. The molecule has 1 aliphatic rings. The van der Waals surface area contributed by atoms with E-state index >= 15 is 0 Å². The summed E-state index contributed by atoms with van der Waals surface area (Å²) in [6.07, 6.45) is 6.40. The molecule has 8 nitrogen and oxygen atoms in total. The second-order valence-electron chi connectivity index (χ2n) is 6.07. The van der Waals surface area contributed by atoms with Crippen LogP contribution in [0.2, 0.25) is 0 Å². The van der Waals surface area contributed by atoms with Gasteiger partial charge in [-0.2, -0.15) is 5.10 Å². The zero-order valence-corrected chi connectivity index (χ0v) is 20.0. The molecule has 0 bridgehead atoms. The molecule has 11 heteroatoms. The molecule has 0 aromatic carbocycles. The quantitative estimate of drug-likeness (QED) is 0.193. The molecular weight excluding hydrogens is 509 g/mol. The molecule has 0 radical (unpaired) electrons. The van der Waals surface area contributed by atoms with Crippen LogP contribution in [0.25, 0.3) is 0 Å². The Labute approximate surface area is 190 Å². The van der Waals surface area contributed by atoms with Crippen molar-refractivity contribution in [2.24, 2.45) is 12.0 Å². The molecule has 1 saturated heterocycles. The summed E-state index contributed by atoms with van der Waals surface area (Å²) in [5.74, 6) is 1.87. The molecule has 0 unspecified atom stereocenters. The van der Waals surface area contributed by atoms with Crippen molar-refractivity contribution in [1.82, 2.24) is 25.0 Å². The predicted octanol–water partition coefficient (Wildman–Crippen LogP) is 2.29. The van der Waals surface area contributed by atoms with Crippen LogP contribution < -0.4 is 10.2 Å². The van der Waals surface area contributed by atoms with Crippen LogP contribution in [0.5, 0.6) is 0 Å². The molecule has 2 aromatic rings. The van der Waals surface area contributed by atoms with Gasteiger partial charge < -0.3 is 15.1 Å². The number of nitrogens with zero attached hydrogens (tertiary/aromatic N) is 6. The molecule has 0 saturated carbocycles. The highest BCUT2D eigenvalue weighted by Crippen LogP contribution is 2.20. The van der Waals surface area contributed by atoms with Crippen molar-refractivity contribution < 1.29 is 4.79 Å². The minimum Gasteiger partial charge on any atom is -0.357 e. The van der Waals surface area contributed by atoms with Crippen LogP contribution in [0.15, 0.2) is 33.3 Å². The van der Waals surface area contributed by atoms with Crippen LogP contribution >= 0.6 is 47.1 Å². The predicted molar refractivity (Wildman–Crippen MR) is 126 cm³/mol. The van der Waals surface area contributed by atoms with E-state index in [-0.39, 0.29) is 29.9 Å². The number of halogens is 1. The maximum atomic E-state index is 12.6. The normalized spacial score (nSPS) is 14.9. The van der Waals surface area contributed by atoms with Gasteiger partial charge in [-0.15, -0.1) is 35.3 Å². The number of amides is 1. The van der Waals surface area contributed by atoms with E-state index in [1.165, 1.54) is 0 Å². The van der Waals surface area contributed by atoms with Crippen molar-refractivity contribution in [3.63, 3.8) is 0 Å². The second-order valence-corrected chi connectivity index (χ2v) is 8.31. The minimum absolute atomic E-state index is 0. The Balaban J connectivity index is 0.00000280. The summed E-state index contributed by atoms with van der Waals surface area (Å²) in [5, 5.41) is 9.45. The first-order valence-corrected chi connectivity index (χ1v) is 10.9. The molecule has 154 valence electrons. The molecular formula is C17H26IN7OS2. The number of thioether (sulfide) groups is 1. The number of aryl methyl sites for hydroxylation is 1. The monoisotopic (exact) mass is 535 g/mol. The molecule has 3 rings (SSSR count). The van der Waals surface area contributed by atoms with Gasteiger partial charge in [0.05, 0.1) is 11.9 Å². The fourth-order valence-corrected chi connectivity index (χ4v) is 4.42.